The summed E-state index contributed by atoms with van der Waals surface area (Å²) in [6, 6.07) is 13.8. The van der Waals surface area contributed by atoms with E-state index in [4.69, 9.17) is 10.00 Å². The van der Waals surface area contributed by atoms with Gasteiger partial charge < -0.3 is 10.1 Å². The predicted octanol–water partition coefficient (Wildman–Crippen LogP) is 3.08. The normalized spacial score (nSPS) is 12.0. The minimum Gasteiger partial charge on any atom is -0.410 e. The molecule has 2 aromatic rings. The van der Waals surface area contributed by atoms with Crippen LogP contribution < -0.4 is 10.1 Å². The number of carbonyl (C=O) groups is 1. The molecule has 0 aromatic heterocycles. The van der Waals surface area contributed by atoms with Crippen LogP contribution in [-0.2, 0) is 16.3 Å². The van der Waals surface area contributed by atoms with E-state index in [9.17, 15) is 17.6 Å². The van der Waals surface area contributed by atoms with Gasteiger partial charge in [-0.05, 0) is 54.3 Å². The Morgan fingerprint density at radius 2 is 1.82 bits per heavy atom. The number of hydrogen-bond acceptors (Lipinski definition) is 5. The van der Waals surface area contributed by atoms with Crippen molar-refractivity contribution in [1.82, 2.24) is 5.32 Å². The second kappa shape index (κ2) is 9.85. The van der Waals surface area contributed by atoms with Crippen molar-refractivity contribution in [3.05, 3.63) is 65.5 Å². The molecule has 28 heavy (non-hydrogen) atoms. The molecule has 1 atom stereocenters. The van der Waals surface area contributed by atoms with Gasteiger partial charge in [0, 0.05) is 6.54 Å². The van der Waals surface area contributed by atoms with E-state index in [-0.39, 0.29) is 29.7 Å². The molecule has 2 rings (SSSR count). The minimum absolute atomic E-state index is 0.0106. The largest absolute Gasteiger partial charge is 0.412 e. The average Bonchev–Trinajstić information content (AvgIpc) is 2.67. The van der Waals surface area contributed by atoms with E-state index in [1.165, 1.54) is 24.3 Å². The number of hydrogen-bond donors (Lipinski definition) is 1. The fraction of sp³-hybridized carbons (Fsp3) is 0.300. The number of halogens is 1. The summed E-state index contributed by atoms with van der Waals surface area (Å²) in [5.41, 5.74) is 1.37. The Balaban J connectivity index is 1.75. The van der Waals surface area contributed by atoms with Gasteiger partial charge in [0.2, 0.25) is 0 Å². The quantitative estimate of drug-likeness (QED) is 0.729. The minimum atomic E-state index is -3.31. The van der Waals surface area contributed by atoms with E-state index in [1.54, 1.807) is 31.2 Å². The van der Waals surface area contributed by atoms with Crippen LogP contribution in [0.2, 0.25) is 0 Å². The molecule has 0 heterocycles. The fourth-order valence-electron chi connectivity index (χ4n) is 2.50. The van der Waals surface area contributed by atoms with Gasteiger partial charge in [0.15, 0.2) is 9.84 Å². The highest BCUT2D eigenvalue weighted by Crippen LogP contribution is 2.11. The van der Waals surface area contributed by atoms with E-state index in [1.807, 2.05) is 6.07 Å². The Kier molecular flexibility index (Phi) is 7.52. The molecule has 0 aliphatic carbocycles. The first-order chi connectivity index (χ1) is 13.3. The van der Waals surface area contributed by atoms with Gasteiger partial charge in [0.05, 0.1) is 23.1 Å². The van der Waals surface area contributed by atoms with Gasteiger partial charge in [-0.1, -0.05) is 19.1 Å². The van der Waals surface area contributed by atoms with Crippen LogP contribution in [0.25, 0.3) is 0 Å². The fourth-order valence-corrected chi connectivity index (χ4v) is 4.20. The van der Waals surface area contributed by atoms with Crippen molar-refractivity contribution in [2.24, 2.45) is 5.92 Å². The highest BCUT2D eigenvalue weighted by molar-refractivity contribution is 7.91. The molecule has 0 aliphatic rings. The van der Waals surface area contributed by atoms with E-state index in [0.29, 0.717) is 12.0 Å². The third-order valence-corrected chi connectivity index (χ3v) is 5.85. The average molecular weight is 404 g/mol. The summed E-state index contributed by atoms with van der Waals surface area (Å²) in [6.07, 6.45) is -0.366. The molecule has 2 aromatic carbocycles. The zero-order chi connectivity index (χ0) is 20.6. The smallest absolute Gasteiger partial charge is 0.410 e. The van der Waals surface area contributed by atoms with Gasteiger partial charge in [-0.15, -0.1) is 0 Å². The van der Waals surface area contributed by atoms with Crippen LogP contribution in [-0.4, -0.2) is 32.6 Å². The van der Waals surface area contributed by atoms with E-state index in [0.717, 1.165) is 5.56 Å². The Bertz CT molecular complexity index is 936. The summed E-state index contributed by atoms with van der Waals surface area (Å²) < 4.78 is 42.3. The Morgan fingerprint density at radius 3 is 2.43 bits per heavy atom. The standard InChI is InChI=1S/C20H21FN2O4S/c1-15(13-23-20(24)27-19-8-6-18(21)7-9-19)14-28(25,26)11-10-16-2-4-17(12-22)5-3-16/h2-9,15H,10-11,13-14H2,1H3,(H,23,24)/t15-/m1/s1. The van der Waals surface area contributed by atoms with Crippen molar-refractivity contribution in [3.8, 4) is 11.8 Å². The van der Waals surface area contributed by atoms with Crippen molar-refractivity contribution in [1.29, 1.82) is 5.26 Å². The van der Waals surface area contributed by atoms with Gasteiger partial charge in [0.1, 0.15) is 11.6 Å². The SMILES string of the molecule is C[C@H](CNC(=O)Oc1ccc(F)cc1)CS(=O)(=O)CCc1ccc(C#N)cc1. The molecule has 0 saturated carbocycles. The number of nitrogens with one attached hydrogen (secondary N) is 1. The maximum absolute atomic E-state index is 12.8. The lowest BCUT2D eigenvalue weighted by atomic mass is 10.1. The zero-order valence-electron chi connectivity index (χ0n) is 15.4. The van der Waals surface area contributed by atoms with Crippen LogP contribution in [0.5, 0.6) is 5.75 Å². The summed E-state index contributed by atoms with van der Waals surface area (Å²) in [4.78, 5) is 11.7. The Morgan fingerprint density at radius 1 is 1.18 bits per heavy atom. The van der Waals surface area contributed by atoms with Gasteiger partial charge >= 0.3 is 6.09 Å². The lowest BCUT2D eigenvalue weighted by molar-refractivity contribution is 0.199. The van der Waals surface area contributed by atoms with Crippen molar-refractivity contribution in [2.45, 2.75) is 13.3 Å². The molecule has 148 valence electrons. The van der Waals surface area contributed by atoms with E-state index >= 15 is 0 Å². The number of rotatable bonds is 8. The summed E-state index contributed by atoms with van der Waals surface area (Å²) in [5, 5.41) is 11.3. The molecule has 0 radical (unpaired) electrons. The first kappa shape index (κ1) is 21.4. The third kappa shape index (κ3) is 7.37. The van der Waals surface area contributed by atoms with Crippen LogP contribution in [0.3, 0.4) is 0 Å². The Labute approximate surface area is 163 Å². The van der Waals surface area contributed by atoms with E-state index in [2.05, 4.69) is 5.32 Å². The number of nitrogens with zero attached hydrogens (tertiary/aromatic N) is 1. The molecular weight excluding hydrogens is 383 g/mol. The highest BCUT2D eigenvalue weighted by Gasteiger charge is 2.17. The van der Waals surface area contributed by atoms with Crippen LogP contribution in [0.15, 0.2) is 48.5 Å². The van der Waals surface area contributed by atoms with Gasteiger partial charge in [-0.3, -0.25) is 0 Å². The number of amides is 1. The maximum atomic E-state index is 12.8. The second-order valence-electron chi connectivity index (χ2n) is 6.50. The molecule has 1 amide bonds. The van der Waals surface area contributed by atoms with Gasteiger partial charge in [-0.2, -0.15) is 5.26 Å². The van der Waals surface area contributed by atoms with Gasteiger partial charge in [-0.25, -0.2) is 17.6 Å². The molecule has 0 bridgehead atoms. The summed E-state index contributed by atoms with van der Waals surface area (Å²) >= 11 is 0. The summed E-state index contributed by atoms with van der Waals surface area (Å²) in [6.45, 7) is 1.85. The lowest BCUT2D eigenvalue weighted by Gasteiger charge is -2.13. The van der Waals surface area contributed by atoms with Crippen LogP contribution in [0.4, 0.5) is 9.18 Å². The molecule has 0 fully saturated rings. The van der Waals surface area contributed by atoms with Crippen molar-refractivity contribution < 1.29 is 22.3 Å². The number of benzene rings is 2. The molecule has 8 heteroatoms. The monoisotopic (exact) mass is 404 g/mol. The first-order valence-corrected chi connectivity index (χ1v) is 10.5. The number of nitriles is 1. The van der Waals surface area contributed by atoms with Crippen LogP contribution in [0, 0.1) is 23.1 Å². The molecule has 1 N–H and O–H groups in total. The highest BCUT2D eigenvalue weighted by atomic mass is 32.2. The van der Waals surface area contributed by atoms with Crippen molar-refractivity contribution >= 4 is 15.9 Å². The first-order valence-electron chi connectivity index (χ1n) is 8.68. The van der Waals surface area contributed by atoms with E-state index < -0.39 is 21.7 Å². The molecule has 6 nitrogen and oxygen atoms in total. The molecule has 0 saturated heterocycles. The number of ether oxygens (including phenoxy) is 1. The van der Waals surface area contributed by atoms with Crippen LogP contribution >= 0.6 is 0 Å². The molecule has 0 unspecified atom stereocenters. The molecule has 0 aliphatic heterocycles. The number of carbonyl (C=O) groups excluding carboxylic acids is 1. The van der Waals surface area contributed by atoms with Crippen LogP contribution in [0.1, 0.15) is 18.1 Å². The van der Waals surface area contributed by atoms with Crippen molar-refractivity contribution in [2.75, 3.05) is 18.1 Å². The summed E-state index contributed by atoms with van der Waals surface area (Å²) in [5.74, 6) is -0.621. The predicted molar refractivity (Wildman–Crippen MR) is 103 cm³/mol. The van der Waals surface area contributed by atoms with Gasteiger partial charge in [0.25, 0.3) is 0 Å². The zero-order valence-corrected chi connectivity index (χ0v) is 16.2. The number of sulfone groups is 1. The third-order valence-electron chi connectivity index (χ3n) is 3.94. The number of aryl methyl sites for hydroxylation is 1. The topological polar surface area (TPSA) is 96.3 Å². The second-order valence-corrected chi connectivity index (χ2v) is 8.73. The molecule has 0 spiro atoms. The lowest BCUT2D eigenvalue weighted by Crippen LogP contribution is -2.33. The maximum Gasteiger partial charge on any atom is 0.412 e. The Hall–Kier alpha value is -2.92. The molecular formula is C20H21FN2O4S. The van der Waals surface area contributed by atoms with Crippen molar-refractivity contribution in [3.63, 3.8) is 0 Å². The summed E-state index contributed by atoms with van der Waals surface area (Å²) in [7, 11) is -3.31.